The molecule has 6 heteroatoms. The second kappa shape index (κ2) is 10.3. The molecule has 1 saturated heterocycles. The summed E-state index contributed by atoms with van der Waals surface area (Å²) in [5, 5.41) is 0. The maximum Gasteiger partial charge on any atom is 0.254 e. The van der Waals surface area contributed by atoms with Crippen LogP contribution in [0.2, 0.25) is 0 Å². The zero-order valence-corrected chi connectivity index (χ0v) is 18.7. The summed E-state index contributed by atoms with van der Waals surface area (Å²) in [5.74, 6) is 2.02. The Kier molecular flexibility index (Phi) is 7.00. The summed E-state index contributed by atoms with van der Waals surface area (Å²) >= 11 is 0. The number of nitrogens with zero attached hydrogens (tertiary/aromatic N) is 2. The summed E-state index contributed by atoms with van der Waals surface area (Å²) in [6.07, 6.45) is 4.00. The van der Waals surface area contributed by atoms with Crippen LogP contribution in [0, 0.1) is 0 Å². The average molecular weight is 435 g/mol. The van der Waals surface area contributed by atoms with Crippen molar-refractivity contribution in [1.29, 1.82) is 0 Å². The molecule has 0 aliphatic carbocycles. The molecule has 0 spiro atoms. The van der Waals surface area contributed by atoms with Crippen LogP contribution in [0.15, 0.2) is 66.9 Å². The molecule has 1 unspecified atom stereocenters. The lowest BCUT2D eigenvalue weighted by Crippen LogP contribution is -2.31. The third-order valence-corrected chi connectivity index (χ3v) is 5.68. The molecule has 3 aromatic rings. The number of hydrogen-bond acceptors (Lipinski definition) is 4. The molecular formula is C26H30N2O4. The standard InChI is InChI=1S/C26H30N2O4/c1-3-30-25-19-20(13-14-24(25)32-18-17-31-21-9-5-4-6-10-21)26(29)28-16-8-12-23(28)22-11-7-15-27(22)2/h4-7,9-11,13-15,19,23H,3,8,12,16-18H2,1-2H3. The van der Waals surface area contributed by atoms with Gasteiger partial charge in [0.15, 0.2) is 11.5 Å². The van der Waals surface area contributed by atoms with Gasteiger partial charge in [-0.3, -0.25) is 4.79 Å². The van der Waals surface area contributed by atoms with E-state index < -0.39 is 0 Å². The Morgan fingerprint density at radius 3 is 2.53 bits per heavy atom. The molecule has 4 rings (SSSR count). The van der Waals surface area contributed by atoms with Crippen LogP contribution in [0.4, 0.5) is 0 Å². The van der Waals surface area contributed by atoms with Gasteiger partial charge >= 0.3 is 0 Å². The average Bonchev–Trinajstić information content (AvgIpc) is 3.46. The van der Waals surface area contributed by atoms with Gasteiger partial charge in [-0.15, -0.1) is 0 Å². The second-order valence-electron chi connectivity index (χ2n) is 7.81. The fraction of sp³-hybridized carbons (Fsp3) is 0.346. The van der Waals surface area contributed by atoms with Gasteiger partial charge in [0, 0.05) is 31.0 Å². The third kappa shape index (κ3) is 4.90. The molecule has 0 radical (unpaired) electrons. The summed E-state index contributed by atoms with van der Waals surface area (Å²) in [5.41, 5.74) is 1.78. The van der Waals surface area contributed by atoms with Crippen LogP contribution in [0.5, 0.6) is 17.2 Å². The van der Waals surface area contributed by atoms with E-state index in [-0.39, 0.29) is 11.9 Å². The normalized spacial score (nSPS) is 15.6. The molecule has 0 bridgehead atoms. The molecule has 32 heavy (non-hydrogen) atoms. The fourth-order valence-corrected chi connectivity index (χ4v) is 4.16. The lowest BCUT2D eigenvalue weighted by molar-refractivity contribution is 0.0730. The summed E-state index contributed by atoms with van der Waals surface area (Å²) < 4.78 is 19.5. The zero-order valence-electron chi connectivity index (χ0n) is 18.7. The van der Waals surface area contributed by atoms with Gasteiger partial charge in [-0.05, 0) is 62.2 Å². The van der Waals surface area contributed by atoms with E-state index in [4.69, 9.17) is 14.2 Å². The number of carbonyl (C=O) groups is 1. The number of carbonyl (C=O) groups excluding carboxylic acids is 1. The first-order valence-corrected chi connectivity index (χ1v) is 11.2. The minimum atomic E-state index is 0.0219. The van der Waals surface area contributed by atoms with Crippen LogP contribution in [-0.2, 0) is 7.05 Å². The molecule has 2 aromatic carbocycles. The van der Waals surface area contributed by atoms with Gasteiger partial charge in [0.1, 0.15) is 19.0 Å². The number of rotatable bonds is 9. The first kappa shape index (κ1) is 21.8. The number of aromatic nitrogens is 1. The number of likely N-dealkylation sites (tertiary alicyclic amines) is 1. The predicted octanol–water partition coefficient (Wildman–Crippen LogP) is 4.86. The summed E-state index contributed by atoms with van der Waals surface area (Å²) in [4.78, 5) is 15.3. The Morgan fingerprint density at radius 1 is 0.969 bits per heavy atom. The highest BCUT2D eigenvalue weighted by Gasteiger charge is 2.32. The van der Waals surface area contributed by atoms with E-state index in [1.165, 1.54) is 5.69 Å². The van der Waals surface area contributed by atoms with Crippen LogP contribution in [-0.4, -0.2) is 41.7 Å². The van der Waals surface area contributed by atoms with E-state index >= 15 is 0 Å². The van der Waals surface area contributed by atoms with Crippen molar-refractivity contribution in [3.63, 3.8) is 0 Å². The van der Waals surface area contributed by atoms with Gasteiger partial charge in [0.25, 0.3) is 5.91 Å². The van der Waals surface area contributed by atoms with E-state index in [1.807, 2.05) is 73.6 Å². The van der Waals surface area contributed by atoms with E-state index in [1.54, 1.807) is 6.07 Å². The zero-order chi connectivity index (χ0) is 22.3. The maximum absolute atomic E-state index is 13.3. The number of para-hydroxylation sites is 1. The molecule has 168 valence electrons. The Balaban J connectivity index is 1.43. The van der Waals surface area contributed by atoms with Gasteiger partial charge in [-0.1, -0.05) is 18.2 Å². The van der Waals surface area contributed by atoms with Gasteiger partial charge in [0.05, 0.1) is 12.6 Å². The summed E-state index contributed by atoms with van der Waals surface area (Å²) in [6.45, 7) is 3.97. The largest absolute Gasteiger partial charge is 0.490 e. The Morgan fingerprint density at radius 2 is 1.78 bits per heavy atom. The Labute approximate surface area is 189 Å². The number of aryl methyl sites for hydroxylation is 1. The number of ether oxygens (including phenoxy) is 3. The molecule has 1 aliphatic heterocycles. The molecule has 0 saturated carbocycles. The maximum atomic E-state index is 13.3. The highest BCUT2D eigenvalue weighted by Crippen LogP contribution is 2.35. The van der Waals surface area contributed by atoms with Gasteiger partial charge in [-0.25, -0.2) is 0 Å². The van der Waals surface area contributed by atoms with Crippen LogP contribution in [0.25, 0.3) is 0 Å². The first-order valence-electron chi connectivity index (χ1n) is 11.2. The van der Waals surface area contributed by atoms with E-state index in [0.29, 0.717) is 36.9 Å². The molecule has 2 heterocycles. The SMILES string of the molecule is CCOc1cc(C(=O)N2CCCC2c2cccn2C)ccc1OCCOc1ccccc1. The van der Waals surface area contributed by atoms with Gasteiger partial charge in [0.2, 0.25) is 0 Å². The smallest absolute Gasteiger partial charge is 0.254 e. The minimum absolute atomic E-state index is 0.0219. The fourth-order valence-electron chi connectivity index (χ4n) is 4.16. The van der Waals surface area contributed by atoms with Crippen LogP contribution in [0.3, 0.4) is 0 Å². The summed E-state index contributed by atoms with van der Waals surface area (Å²) in [6, 6.07) is 19.3. The van der Waals surface area contributed by atoms with Crippen molar-refractivity contribution in [2.45, 2.75) is 25.8 Å². The van der Waals surface area contributed by atoms with Crippen LogP contribution >= 0.6 is 0 Å². The third-order valence-electron chi connectivity index (χ3n) is 5.68. The molecule has 1 fully saturated rings. The lowest BCUT2D eigenvalue weighted by atomic mass is 10.1. The van der Waals surface area contributed by atoms with Gasteiger partial charge < -0.3 is 23.7 Å². The summed E-state index contributed by atoms with van der Waals surface area (Å²) in [7, 11) is 2.02. The van der Waals surface area contributed by atoms with E-state index in [2.05, 4.69) is 10.6 Å². The molecular weight excluding hydrogens is 404 g/mol. The predicted molar refractivity (Wildman–Crippen MR) is 123 cm³/mol. The molecule has 1 aliphatic rings. The van der Waals surface area contributed by atoms with Crippen molar-refractivity contribution in [2.24, 2.45) is 7.05 Å². The number of amides is 1. The Bertz CT molecular complexity index is 1030. The molecule has 1 aromatic heterocycles. The van der Waals surface area contributed by atoms with Crippen molar-refractivity contribution >= 4 is 5.91 Å². The second-order valence-corrected chi connectivity index (χ2v) is 7.81. The van der Waals surface area contributed by atoms with Crippen molar-refractivity contribution < 1.29 is 19.0 Å². The topological polar surface area (TPSA) is 52.9 Å². The Hall–Kier alpha value is -3.41. The van der Waals surface area contributed by atoms with E-state index in [9.17, 15) is 4.79 Å². The van der Waals surface area contributed by atoms with Crippen molar-refractivity contribution in [3.8, 4) is 17.2 Å². The first-order chi connectivity index (χ1) is 15.7. The molecule has 1 amide bonds. The van der Waals surface area contributed by atoms with Crippen molar-refractivity contribution in [1.82, 2.24) is 9.47 Å². The molecule has 1 atom stereocenters. The van der Waals surface area contributed by atoms with E-state index in [0.717, 1.165) is 25.1 Å². The van der Waals surface area contributed by atoms with Crippen LogP contribution in [0.1, 0.15) is 41.9 Å². The number of benzene rings is 2. The highest BCUT2D eigenvalue weighted by atomic mass is 16.5. The monoisotopic (exact) mass is 434 g/mol. The van der Waals surface area contributed by atoms with Crippen molar-refractivity contribution in [3.05, 3.63) is 78.1 Å². The highest BCUT2D eigenvalue weighted by molar-refractivity contribution is 5.95. The minimum Gasteiger partial charge on any atom is -0.490 e. The quantitative estimate of drug-likeness (QED) is 0.452. The van der Waals surface area contributed by atoms with Crippen LogP contribution < -0.4 is 14.2 Å². The van der Waals surface area contributed by atoms with Gasteiger partial charge in [-0.2, -0.15) is 0 Å². The number of hydrogen-bond donors (Lipinski definition) is 0. The molecule has 0 N–H and O–H groups in total. The van der Waals surface area contributed by atoms with Crippen molar-refractivity contribution in [2.75, 3.05) is 26.4 Å². The molecule has 6 nitrogen and oxygen atoms in total. The lowest BCUT2D eigenvalue weighted by Gasteiger charge is -2.26.